The Bertz CT molecular complexity index is 983. The Hall–Kier alpha value is -1.90. The topological polar surface area (TPSA) is 93.7 Å². The van der Waals surface area contributed by atoms with Crippen LogP contribution in [-0.2, 0) is 21.4 Å². The highest BCUT2D eigenvalue weighted by Gasteiger charge is 2.59. The van der Waals surface area contributed by atoms with Gasteiger partial charge in [0.1, 0.15) is 0 Å². The van der Waals surface area contributed by atoms with E-state index in [9.17, 15) is 18.3 Å². The summed E-state index contributed by atoms with van der Waals surface area (Å²) in [7, 11) is -3.37. The van der Waals surface area contributed by atoms with E-state index < -0.39 is 21.4 Å². The predicted octanol–water partition coefficient (Wildman–Crippen LogP) is 1.25. The maximum atomic E-state index is 12.0. The van der Waals surface area contributed by atoms with E-state index >= 15 is 0 Å². The molecule has 2 aromatic rings. The van der Waals surface area contributed by atoms with Crippen molar-refractivity contribution in [1.29, 1.82) is 0 Å². The summed E-state index contributed by atoms with van der Waals surface area (Å²) in [5, 5.41) is 11.0. The summed E-state index contributed by atoms with van der Waals surface area (Å²) in [5.41, 5.74) is 2.34. The Balaban J connectivity index is 1.58. The van der Waals surface area contributed by atoms with Gasteiger partial charge in [0.25, 0.3) is 0 Å². The Morgan fingerprint density at radius 3 is 2.65 bits per heavy atom. The number of carboxylic acids is 1. The van der Waals surface area contributed by atoms with E-state index in [1.54, 1.807) is 0 Å². The zero-order chi connectivity index (χ0) is 18.7. The van der Waals surface area contributed by atoms with E-state index in [2.05, 4.69) is 22.9 Å². The molecule has 2 fully saturated rings. The molecule has 0 saturated carbocycles. The first-order valence-corrected chi connectivity index (χ1v) is 10.5. The fourth-order valence-electron chi connectivity index (χ4n) is 4.52. The molecule has 2 saturated heterocycles. The second kappa shape index (κ2) is 5.80. The van der Waals surface area contributed by atoms with E-state index in [1.165, 1.54) is 15.3 Å². The largest absolute Gasteiger partial charge is 0.481 e. The highest BCUT2D eigenvalue weighted by atomic mass is 32.2. The number of rotatable bonds is 4. The molecule has 140 valence electrons. The van der Waals surface area contributed by atoms with Crippen LogP contribution in [0, 0.1) is 18.3 Å². The number of para-hydroxylation sites is 1. The second-order valence-corrected chi connectivity index (χ2v) is 9.64. The number of nitrogens with zero attached hydrogens (tertiary/aromatic N) is 2. The first-order chi connectivity index (χ1) is 12.2. The highest BCUT2D eigenvalue weighted by molar-refractivity contribution is 7.88. The molecule has 3 heterocycles. The molecule has 0 aliphatic carbocycles. The third kappa shape index (κ3) is 2.64. The van der Waals surface area contributed by atoms with Crippen molar-refractivity contribution in [2.45, 2.75) is 13.5 Å². The van der Waals surface area contributed by atoms with Crippen LogP contribution in [0.5, 0.6) is 0 Å². The maximum Gasteiger partial charge on any atom is 0.312 e. The smallest absolute Gasteiger partial charge is 0.312 e. The molecule has 0 unspecified atom stereocenters. The van der Waals surface area contributed by atoms with Gasteiger partial charge in [0, 0.05) is 55.2 Å². The van der Waals surface area contributed by atoms with E-state index in [1.807, 2.05) is 18.2 Å². The molecule has 0 spiro atoms. The number of fused-ring (bicyclic) bond motifs is 2. The second-order valence-electron chi connectivity index (χ2n) is 7.66. The van der Waals surface area contributed by atoms with Crippen molar-refractivity contribution in [3.05, 3.63) is 35.5 Å². The minimum absolute atomic E-state index is 0.0635. The Morgan fingerprint density at radius 1 is 1.31 bits per heavy atom. The van der Waals surface area contributed by atoms with Gasteiger partial charge in [0.05, 0.1) is 11.7 Å². The lowest BCUT2D eigenvalue weighted by atomic mass is 9.81. The number of hydrogen-bond acceptors (Lipinski definition) is 4. The standard InChI is InChI=1S/C18H23N3O4S/c1-12-14-5-3-4-6-15(14)19-16(12)9-20-7-13-8-21(26(2,24)25)11-18(13,10-20)17(22)23/h3-6,13,19H,7-11H2,1-2H3,(H,22,23)/t13-,18-/m1/s1. The molecule has 4 rings (SSSR count). The van der Waals surface area contributed by atoms with Crippen LogP contribution in [-0.4, -0.2) is 66.1 Å². The van der Waals surface area contributed by atoms with Crippen molar-refractivity contribution in [2.75, 3.05) is 32.4 Å². The van der Waals surface area contributed by atoms with Gasteiger partial charge in [-0.2, -0.15) is 0 Å². The van der Waals surface area contributed by atoms with Gasteiger partial charge in [0.2, 0.25) is 10.0 Å². The summed E-state index contributed by atoms with van der Waals surface area (Å²) < 4.78 is 25.0. The summed E-state index contributed by atoms with van der Waals surface area (Å²) in [6.45, 7) is 4.02. The number of likely N-dealkylation sites (tertiary alicyclic amines) is 1. The van der Waals surface area contributed by atoms with Gasteiger partial charge in [0.15, 0.2) is 0 Å². The molecular weight excluding hydrogens is 354 g/mol. The lowest BCUT2D eigenvalue weighted by Crippen LogP contribution is -2.41. The van der Waals surface area contributed by atoms with Crippen LogP contribution in [0.15, 0.2) is 24.3 Å². The molecule has 2 atom stereocenters. The molecule has 2 aliphatic heterocycles. The van der Waals surface area contributed by atoms with Gasteiger partial charge in [-0.1, -0.05) is 18.2 Å². The molecular formula is C18H23N3O4S. The van der Waals surface area contributed by atoms with Gasteiger partial charge >= 0.3 is 5.97 Å². The fourth-order valence-corrected chi connectivity index (χ4v) is 5.43. The van der Waals surface area contributed by atoms with E-state index in [-0.39, 0.29) is 19.0 Å². The summed E-state index contributed by atoms with van der Waals surface area (Å²) in [6.07, 6.45) is 1.15. The van der Waals surface area contributed by atoms with E-state index in [4.69, 9.17) is 0 Å². The molecule has 0 bridgehead atoms. The first kappa shape index (κ1) is 17.5. The van der Waals surface area contributed by atoms with E-state index in [0.29, 0.717) is 19.6 Å². The SMILES string of the molecule is Cc1c(CN2C[C@@H]3CN(S(C)(=O)=O)C[C@]3(C(=O)O)C2)[nH]c2ccccc12. The molecule has 0 radical (unpaired) electrons. The average Bonchev–Trinajstić information content (AvgIpc) is 3.17. The monoisotopic (exact) mass is 377 g/mol. The van der Waals surface area contributed by atoms with Crippen LogP contribution >= 0.6 is 0 Å². The van der Waals surface area contributed by atoms with Gasteiger partial charge in [-0.3, -0.25) is 9.69 Å². The summed E-state index contributed by atoms with van der Waals surface area (Å²) in [5.74, 6) is -1.08. The Kier molecular flexibility index (Phi) is 3.91. The number of benzene rings is 1. The molecule has 2 aliphatic rings. The predicted molar refractivity (Wildman–Crippen MR) is 98.3 cm³/mol. The molecule has 7 nitrogen and oxygen atoms in total. The van der Waals surface area contributed by atoms with Crippen molar-refractivity contribution < 1.29 is 18.3 Å². The Labute approximate surface area is 152 Å². The van der Waals surface area contributed by atoms with Crippen molar-refractivity contribution in [2.24, 2.45) is 11.3 Å². The molecule has 26 heavy (non-hydrogen) atoms. The van der Waals surface area contributed by atoms with Crippen LogP contribution in [0.2, 0.25) is 0 Å². The van der Waals surface area contributed by atoms with Gasteiger partial charge in [-0.15, -0.1) is 0 Å². The van der Waals surface area contributed by atoms with Crippen LogP contribution < -0.4 is 0 Å². The number of aryl methyl sites for hydroxylation is 1. The van der Waals surface area contributed by atoms with Crippen molar-refractivity contribution in [3.8, 4) is 0 Å². The number of nitrogens with one attached hydrogen (secondary N) is 1. The fraction of sp³-hybridized carbons (Fsp3) is 0.500. The number of aromatic nitrogens is 1. The third-order valence-corrected chi connectivity index (χ3v) is 7.21. The quantitative estimate of drug-likeness (QED) is 0.837. The number of carbonyl (C=O) groups is 1. The van der Waals surface area contributed by atoms with Crippen LogP contribution in [0.4, 0.5) is 0 Å². The molecule has 0 amide bonds. The lowest BCUT2D eigenvalue weighted by Gasteiger charge is -2.24. The van der Waals surface area contributed by atoms with Gasteiger partial charge < -0.3 is 10.1 Å². The van der Waals surface area contributed by atoms with Crippen molar-refractivity contribution in [1.82, 2.24) is 14.2 Å². The van der Waals surface area contributed by atoms with Crippen molar-refractivity contribution in [3.63, 3.8) is 0 Å². The number of aliphatic carboxylic acids is 1. The third-order valence-electron chi connectivity index (χ3n) is 5.99. The summed E-state index contributed by atoms with van der Waals surface area (Å²) in [6, 6.07) is 8.10. The zero-order valence-electron chi connectivity index (χ0n) is 14.9. The van der Waals surface area contributed by atoms with Gasteiger partial charge in [-0.25, -0.2) is 12.7 Å². The highest BCUT2D eigenvalue weighted by Crippen LogP contribution is 2.44. The average molecular weight is 377 g/mol. The molecule has 2 N–H and O–H groups in total. The number of hydrogen-bond donors (Lipinski definition) is 2. The van der Waals surface area contributed by atoms with Crippen LogP contribution in [0.25, 0.3) is 10.9 Å². The zero-order valence-corrected chi connectivity index (χ0v) is 15.7. The number of H-pyrrole nitrogens is 1. The van der Waals surface area contributed by atoms with Crippen LogP contribution in [0.3, 0.4) is 0 Å². The minimum Gasteiger partial charge on any atom is -0.481 e. The number of carboxylic acid groups (broad SMARTS) is 1. The minimum atomic E-state index is -3.37. The lowest BCUT2D eigenvalue weighted by molar-refractivity contribution is -0.148. The maximum absolute atomic E-state index is 12.0. The van der Waals surface area contributed by atoms with Gasteiger partial charge in [-0.05, 0) is 18.6 Å². The molecule has 1 aromatic heterocycles. The van der Waals surface area contributed by atoms with Crippen molar-refractivity contribution >= 4 is 26.9 Å². The molecule has 8 heteroatoms. The Morgan fingerprint density at radius 2 is 2.04 bits per heavy atom. The van der Waals surface area contributed by atoms with Crippen LogP contribution in [0.1, 0.15) is 11.3 Å². The number of sulfonamides is 1. The van der Waals surface area contributed by atoms with E-state index in [0.717, 1.165) is 17.5 Å². The summed E-state index contributed by atoms with van der Waals surface area (Å²) >= 11 is 0. The normalized spacial score (nSPS) is 27.2. The molecule has 1 aromatic carbocycles. The summed E-state index contributed by atoms with van der Waals surface area (Å²) in [4.78, 5) is 17.6. The number of aromatic amines is 1. The first-order valence-electron chi connectivity index (χ1n) is 8.68.